The van der Waals surface area contributed by atoms with Gasteiger partial charge in [0.2, 0.25) is 0 Å². The second-order valence-corrected chi connectivity index (χ2v) is 5.31. The first-order valence-electron chi connectivity index (χ1n) is 5.95. The third-order valence-corrected chi connectivity index (χ3v) is 3.40. The number of benzene rings is 1. The third kappa shape index (κ3) is 3.99. The van der Waals surface area contributed by atoms with Gasteiger partial charge in [0.1, 0.15) is 5.82 Å². The Kier molecular flexibility index (Phi) is 4.90. The van der Waals surface area contributed by atoms with Crippen molar-refractivity contribution in [2.75, 3.05) is 26.8 Å². The smallest absolute Gasteiger partial charge is 0.336 e. The van der Waals surface area contributed by atoms with Gasteiger partial charge in [-0.3, -0.25) is 4.90 Å². The highest BCUT2D eigenvalue weighted by Gasteiger charge is 2.27. The van der Waals surface area contributed by atoms with Crippen LogP contribution in [0.2, 0.25) is 0 Å². The van der Waals surface area contributed by atoms with Gasteiger partial charge in [-0.25, -0.2) is 9.18 Å². The summed E-state index contributed by atoms with van der Waals surface area (Å²) < 4.78 is 24.0. The first-order valence-corrected chi connectivity index (χ1v) is 6.74. The molecule has 19 heavy (non-hydrogen) atoms. The molecule has 1 fully saturated rings. The van der Waals surface area contributed by atoms with Gasteiger partial charge in [-0.1, -0.05) is 15.9 Å². The average Bonchev–Trinajstić information content (AvgIpc) is 2.37. The molecule has 0 spiro atoms. The number of methoxy groups -OCH3 is 1. The Morgan fingerprint density at radius 3 is 3.05 bits per heavy atom. The highest BCUT2D eigenvalue weighted by atomic mass is 79.9. The third-order valence-electron chi connectivity index (χ3n) is 2.94. The van der Waals surface area contributed by atoms with Gasteiger partial charge in [-0.2, -0.15) is 0 Å². The number of morpholine rings is 1. The van der Waals surface area contributed by atoms with Crippen molar-refractivity contribution in [3.63, 3.8) is 0 Å². The molecule has 104 valence electrons. The summed E-state index contributed by atoms with van der Waals surface area (Å²) in [6.07, 6.45) is -0.559. The van der Waals surface area contributed by atoms with Crippen molar-refractivity contribution in [3.05, 3.63) is 34.1 Å². The molecule has 1 aromatic carbocycles. The van der Waals surface area contributed by atoms with Gasteiger partial charge in [0, 0.05) is 24.1 Å². The Labute approximate surface area is 119 Å². The molecule has 0 bridgehead atoms. The molecule has 1 aromatic rings. The van der Waals surface area contributed by atoms with Crippen LogP contribution in [0.1, 0.15) is 5.56 Å². The van der Waals surface area contributed by atoms with E-state index in [2.05, 4.69) is 20.7 Å². The van der Waals surface area contributed by atoms with Crippen molar-refractivity contribution < 1.29 is 18.7 Å². The van der Waals surface area contributed by atoms with Crippen molar-refractivity contribution in [2.45, 2.75) is 12.6 Å². The number of esters is 1. The highest BCUT2D eigenvalue weighted by molar-refractivity contribution is 9.10. The standard InChI is InChI=1S/C13H15BrFNO3/c1-18-13(17)12-8-16(2-3-19-12)7-9-4-10(14)6-11(15)5-9/h4-6,12H,2-3,7-8H2,1H3. The topological polar surface area (TPSA) is 38.8 Å². The molecular formula is C13H15BrFNO3. The molecule has 0 amide bonds. The van der Waals surface area contributed by atoms with Crippen LogP contribution in [0.5, 0.6) is 0 Å². The van der Waals surface area contributed by atoms with Gasteiger partial charge < -0.3 is 9.47 Å². The van der Waals surface area contributed by atoms with Crippen LogP contribution in [0, 0.1) is 5.82 Å². The quantitative estimate of drug-likeness (QED) is 0.794. The number of carbonyl (C=O) groups excluding carboxylic acids is 1. The monoisotopic (exact) mass is 331 g/mol. The maximum Gasteiger partial charge on any atom is 0.336 e. The minimum Gasteiger partial charge on any atom is -0.467 e. The van der Waals surface area contributed by atoms with Crippen LogP contribution in [-0.4, -0.2) is 43.8 Å². The highest BCUT2D eigenvalue weighted by Crippen LogP contribution is 2.17. The molecule has 6 heteroatoms. The van der Waals surface area contributed by atoms with E-state index in [1.165, 1.54) is 19.2 Å². The summed E-state index contributed by atoms with van der Waals surface area (Å²) in [5.74, 6) is -0.646. The van der Waals surface area contributed by atoms with E-state index in [1.807, 2.05) is 11.0 Å². The van der Waals surface area contributed by atoms with Crippen molar-refractivity contribution >= 4 is 21.9 Å². The summed E-state index contributed by atoms with van der Waals surface area (Å²) >= 11 is 3.27. The van der Waals surface area contributed by atoms with Gasteiger partial charge in [-0.05, 0) is 23.8 Å². The molecule has 1 atom stereocenters. The SMILES string of the molecule is COC(=O)C1CN(Cc2cc(F)cc(Br)c2)CCO1. The van der Waals surface area contributed by atoms with Crippen LogP contribution in [-0.2, 0) is 20.8 Å². The lowest BCUT2D eigenvalue weighted by atomic mass is 10.2. The zero-order valence-electron chi connectivity index (χ0n) is 10.6. The Morgan fingerprint density at radius 2 is 2.37 bits per heavy atom. The normalized spacial score (nSPS) is 20.3. The number of hydrogen-bond acceptors (Lipinski definition) is 4. The summed E-state index contributed by atoms with van der Waals surface area (Å²) in [6, 6.07) is 4.78. The first-order chi connectivity index (χ1) is 9.08. The fourth-order valence-electron chi connectivity index (χ4n) is 2.08. The van der Waals surface area contributed by atoms with Gasteiger partial charge in [0.15, 0.2) is 6.10 Å². The van der Waals surface area contributed by atoms with E-state index >= 15 is 0 Å². The van der Waals surface area contributed by atoms with E-state index < -0.39 is 6.10 Å². The Bertz CT molecular complexity index is 449. The number of halogens is 2. The summed E-state index contributed by atoms with van der Waals surface area (Å²) in [5, 5.41) is 0. The molecule has 0 saturated carbocycles. The van der Waals surface area contributed by atoms with Crippen LogP contribution in [0.15, 0.2) is 22.7 Å². The van der Waals surface area contributed by atoms with Crippen molar-refractivity contribution in [1.29, 1.82) is 0 Å². The van der Waals surface area contributed by atoms with Gasteiger partial charge in [0.05, 0.1) is 13.7 Å². The zero-order valence-corrected chi connectivity index (χ0v) is 12.2. The molecule has 0 aromatic heterocycles. The van der Waals surface area contributed by atoms with Crippen LogP contribution in [0.25, 0.3) is 0 Å². The number of rotatable bonds is 3. The molecule has 1 aliphatic heterocycles. The maximum atomic E-state index is 13.3. The van der Waals surface area contributed by atoms with E-state index in [4.69, 9.17) is 4.74 Å². The Balaban J connectivity index is 2.00. The minimum atomic E-state index is -0.559. The molecule has 4 nitrogen and oxygen atoms in total. The molecule has 2 rings (SSSR count). The zero-order chi connectivity index (χ0) is 13.8. The van der Waals surface area contributed by atoms with E-state index in [9.17, 15) is 9.18 Å². The second-order valence-electron chi connectivity index (χ2n) is 4.40. The summed E-state index contributed by atoms with van der Waals surface area (Å²) in [4.78, 5) is 13.5. The van der Waals surface area contributed by atoms with E-state index in [0.717, 1.165) is 5.56 Å². The van der Waals surface area contributed by atoms with Crippen molar-refractivity contribution in [1.82, 2.24) is 4.90 Å². The predicted octanol–water partition coefficient (Wildman–Crippen LogP) is 1.96. The van der Waals surface area contributed by atoms with E-state index in [1.54, 1.807) is 0 Å². The van der Waals surface area contributed by atoms with Gasteiger partial charge in [-0.15, -0.1) is 0 Å². The van der Waals surface area contributed by atoms with E-state index in [0.29, 0.717) is 30.7 Å². The molecule has 0 N–H and O–H groups in total. The van der Waals surface area contributed by atoms with Gasteiger partial charge in [0.25, 0.3) is 0 Å². The number of carbonyl (C=O) groups is 1. The summed E-state index contributed by atoms with van der Waals surface area (Å²) in [6.45, 7) is 2.21. The Morgan fingerprint density at radius 1 is 1.58 bits per heavy atom. The fourth-order valence-corrected chi connectivity index (χ4v) is 2.59. The lowest BCUT2D eigenvalue weighted by molar-refractivity contribution is -0.160. The van der Waals surface area contributed by atoms with Crippen LogP contribution in [0.3, 0.4) is 0 Å². The lowest BCUT2D eigenvalue weighted by Crippen LogP contribution is -2.46. The van der Waals surface area contributed by atoms with Crippen LogP contribution in [0.4, 0.5) is 4.39 Å². The number of ether oxygens (including phenoxy) is 2. The molecule has 0 radical (unpaired) electrons. The molecular weight excluding hydrogens is 317 g/mol. The summed E-state index contributed by atoms with van der Waals surface area (Å²) in [7, 11) is 1.34. The summed E-state index contributed by atoms with van der Waals surface area (Å²) in [5.41, 5.74) is 0.859. The molecule has 1 heterocycles. The fraction of sp³-hybridized carbons (Fsp3) is 0.462. The number of nitrogens with zero attached hydrogens (tertiary/aromatic N) is 1. The second kappa shape index (κ2) is 6.45. The predicted molar refractivity (Wildman–Crippen MR) is 71.1 cm³/mol. The van der Waals surface area contributed by atoms with E-state index in [-0.39, 0.29) is 11.8 Å². The molecule has 0 aliphatic carbocycles. The number of hydrogen-bond donors (Lipinski definition) is 0. The first kappa shape index (κ1) is 14.4. The lowest BCUT2D eigenvalue weighted by Gasteiger charge is -2.31. The molecule has 1 saturated heterocycles. The molecule has 1 aliphatic rings. The van der Waals surface area contributed by atoms with Gasteiger partial charge >= 0.3 is 5.97 Å². The maximum absolute atomic E-state index is 13.3. The van der Waals surface area contributed by atoms with Crippen LogP contribution < -0.4 is 0 Å². The molecule has 1 unspecified atom stereocenters. The van der Waals surface area contributed by atoms with Crippen molar-refractivity contribution in [3.8, 4) is 0 Å². The average molecular weight is 332 g/mol. The Hall–Kier alpha value is -0.980. The van der Waals surface area contributed by atoms with Crippen LogP contribution >= 0.6 is 15.9 Å². The van der Waals surface area contributed by atoms with Crippen molar-refractivity contribution in [2.24, 2.45) is 0 Å². The minimum absolute atomic E-state index is 0.276. The largest absolute Gasteiger partial charge is 0.467 e.